The van der Waals surface area contributed by atoms with Gasteiger partial charge in [0.15, 0.2) is 0 Å². The van der Waals surface area contributed by atoms with Crippen molar-refractivity contribution in [3.63, 3.8) is 0 Å². The zero-order valence-electron chi connectivity index (χ0n) is 11.2. The minimum atomic E-state index is 0.799. The minimum Gasteiger partial charge on any atom is -0.320 e. The Morgan fingerprint density at radius 3 is 2.15 bits per heavy atom. The summed E-state index contributed by atoms with van der Waals surface area (Å²) in [5.41, 5.74) is 3.38. The van der Waals surface area contributed by atoms with E-state index in [-0.39, 0.29) is 0 Å². The molecule has 0 aliphatic carbocycles. The van der Waals surface area contributed by atoms with E-state index in [1.165, 1.54) is 10.4 Å². The van der Waals surface area contributed by atoms with E-state index in [4.69, 9.17) is 5.84 Å². The Labute approximate surface area is 121 Å². The summed E-state index contributed by atoms with van der Waals surface area (Å²) in [5, 5.41) is 3.94. The summed E-state index contributed by atoms with van der Waals surface area (Å²) >= 11 is 1.60. The van der Waals surface area contributed by atoms with Crippen LogP contribution in [0.1, 0.15) is 4.88 Å². The number of aryl methyl sites for hydroxylation is 1. The maximum Gasteiger partial charge on any atom is 0.212 e. The zero-order chi connectivity index (χ0) is 13.9. The molecule has 0 amide bonds. The fourth-order valence-electron chi connectivity index (χ4n) is 2.31. The molecule has 0 spiro atoms. The van der Waals surface area contributed by atoms with Crippen molar-refractivity contribution in [1.82, 2.24) is 4.57 Å². The zero-order valence-corrected chi connectivity index (χ0v) is 12.0. The predicted octanol–water partition coefficient (Wildman–Crippen LogP) is 3.29. The molecule has 0 aliphatic heterocycles. The van der Waals surface area contributed by atoms with Crippen molar-refractivity contribution in [2.45, 2.75) is 6.92 Å². The van der Waals surface area contributed by atoms with Crippen LogP contribution >= 0.6 is 11.3 Å². The van der Waals surface area contributed by atoms with E-state index in [1.54, 1.807) is 11.3 Å². The molecule has 0 unspecified atom stereocenters. The van der Waals surface area contributed by atoms with Crippen molar-refractivity contribution in [2.24, 2.45) is 10.9 Å². The number of benzene rings is 2. The molecule has 0 saturated heterocycles. The molecule has 20 heavy (non-hydrogen) atoms. The first kappa shape index (κ1) is 12.7. The van der Waals surface area contributed by atoms with E-state index in [9.17, 15) is 0 Å². The number of hydrogen-bond acceptors (Lipinski definition) is 3. The van der Waals surface area contributed by atoms with Gasteiger partial charge in [-0.2, -0.15) is 5.10 Å². The topological polar surface area (TPSA) is 43.3 Å². The van der Waals surface area contributed by atoms with Gasteiger partial charge in [0, 0.05) is 10.6 Å². The highest BCUT2D eigenvalue weighted by molar-refractivity contribution is 7.09. The van der Waals surface area contributed by atoms with E-state index in [2.05, 4.69) is 40.9 Å². The van der Waals surface area contributed by atoms with E-state index in [0.29, 0.717) is 0 Å². The summed E-state index contributed by atoms with van der Waals surface area (Å²) in [7, 11) is 0. The molecule has 3 aromatic rings. The molecule has 0 atom stereocenters. The Kier molecular flexibility index (Phi) is 3.39. The third kappa shape index (κ3) is 2.14. The second-order valence-corrected chi connectivity index (χ2v) is 5.64. The van der Waals surface area contributed by atoms with Crippen LogP contribution in [-0.4, -0.2) is 4.57 Å². The highest BCUT2D eigenvalue weighted by Crippen LogP contribution is 2.27. The average molecular weight is 281 g/mol. The second-order valence-electron chi connectivity index (χ2n) is 4.46. The molecule has 0 aliphatic rings. The first-order chi connectivity index (χ1) is 9.81. The van der Waals surface area contributed by atoms with Gasteiger partial charge in [-0.1, -0.05) is 59.9 Å². The van der Waals surface area contributed by atoms with Gasteiger partial charge in [0.2, 0.25) is 4.80 Å². The lowest BCUT2D eigenvalue weighted by Gasteiger charge is -2.09. The fourth-order valence-corrected chi connectivity index (χ4v) is 3.23. The molecule has 4 heteroatoms. The van der Waals surface area contributed by atoms with E-state index >= 15 is 0 Å². The Bertz CT molecular complexity index is 770. The van der Waals surface area contributed by atoms with Crippen molar-refractivity contribution < 1.29 is 0 Å². The van der Waals surface area contributed by atoms with Crippen LogP contribution in [0.4, 0.5) is 0 Å². The number of hydrogen-bond donors (Lipinski definition) is 1. The first-order valence-electron chi connectivity index (χ1n) is 6.38. The third-order valence-corrected chi connectivity index (χ3v) is 4.13. The van der Waals surface area contributed by atoms with Gasteiger partial charge in [-0.25, -0.2) is 0 Å². The molecule has 0 radical (unpaired) electrons. The molecule has 1 heterocycles. The third-order valence-electron chi connectivity index (χ3n) is 3.16. The van der Waals surface area contributed by atoms with Crippen LogP contribution in [0.3, 0.4) is 0 Å². The number of aromatic nitrogens is 1. The Balaban J connectivity index is 2.34. The van der Waals surface area contributed by atoms with Gasteiger partial charge in [-0.3, -0.25) is 4.57 Å². The minimum absolute atomic E-state index is 0.799. The van der Waals surface area contributed by atoms with Crippen molar-refractivity contribution in [1.29, 1.82) is 0 Å². The van der Waals surface area contributed by atoms with E-state index in [1.807, 2.05) is 36.4 Å². The van der Waals surface area contributed by atoms with Gasteiger partial charge in [-0.05, 0) is 24.6 Å². The number of thiazole rings is 1. The van der Waals surface area contributed by atoms with Crippen molar-refractivity contribution in [3.8, 4) is 16.9 Å². The molecule has 3 rings (SSSR count). The SMILES string of the molecule is Cc1sc(=NN)n(-c2ccccc2)c1-c1ccccc1. The summed E-state index contributed by atoms with van der Waals surface area (Å²) in [4.78, 5) is 2.00. The molecular weight excluding hydrogens is 266 g/mol. The van der Waals surface area contributed by atoms with Crippen molar-refractivity contribution in [3.05, 3.63) is 70.3 Å². The van der Waals surface area contributed by atoms with Gasteiger partial charge in [-0.15, -0.1) is 0 Å². The summed E-state index contributed by atoms with van der Waals surface area (Å²) in [5.74, 6) is 5.56. The molecule has 0 bridgehead atoms. The smallest absolute Gasteiger partial charge is 0.212 e. The largest absolute Gasteiger partial charge is 0.320 e. The molecule has 3 nitrogen and oxygen atoms in total. The van der Waals surface area contributed by atoms with Crippen molar-refractivity contribution in [2.75, 3.05) is 0 Å². The normalized spacial score (nSPS) is 11.8. The molecule has 2 aromatic carbocycles. The van der Waals surface area contributed by atoms with Gasteiger partial charge >= 0.3 is 0 Å². The lowest BCUT2D eigenvalue weighted by Crippen LogP contribution is -2.15. The second kappa shape index (κ2) is 5.35. The van der Waals surface area contributed by atoms with Crippen LogP contribution in [0.5, 0.6) is 0 Å². The Morgan fingerprint density at radius 1 is 0.950 bits per heavy atom. The number of para-hydroxylation sites is 1. The fraction of sp³-hybridized carbons (Fsp3) is 0.0625. The van der Waals surface area contributed by atoms with Crippen LogP contribution in [-0.2, 0) is 0 Å². The highest BCUT2D eigenvalue weighted by Gasteiger charge is 2.13. The first-order valence-corrected chi connectivity index (χ1v) is 7.20. The van der Waals surface area contributed by atoms with Gasteiger partial charge in [0.25, 0.3) is 0 Å². The van der Waals surface area contributed by atoms with Crippen molar-refractivity contribution >= 4 is 11.3 Å². The molecule has 2 N–H and O–H groups in total. The molecule has 0 saturated carbocycles. The summed E-state index contributed by atoms with van der Waals surface area (Å²) in [6, 6.07) is 20.5. The maximum absolute atomic E-state index is 5.56. The lowest BCUT2D eigenvalue weighted by atomic mass is 10.1. The molecule has 0 fully saturated rings. The summed E-state index contributed by atoms with van der Waals surface area (Å²) in [6.07, 6.45) is 0. The molecular formula is C16H15N3S. The number of rotatable bonds is 2. The van der Waals surface area contributed by atoms with Crippen LogP contribution < -0.4 is 10.6 Å². The van der Waals surface area contributed by atoms with Crippen LogP contribution in [0.15, 0.2) is 65.8 Å². The molecule has 1 aromatic heterocycles. The highest BCUT2D eigenvalue weighted by atomic mass is 32.1. The van der Waals surface area contributed by atoms with E-state index in [0.717, 1.165) is 16.2 Å². The van der Waals surface area contributed by atoms with Gasteiger partial charge < -0.3 is 5.84 Å². The predicted molar refractivity (Wildman–Crippen MR) is 83.6 cm³/mol. The number of nitrogens with two attached hydrogens (primary N) is 1. The van der Waals surface area contributed by atoms with E-state index < -0.39 is 0 Å². The maximum atomic E-state index is 5.56. The number of nitrogens with zero attached hydrogens (tertiary/aromatic N) is 2. The average Bonchev–Trinajstić information content (AvgIpc) is 2.85. The van der Waals surface area contributed by atoms with Gasteiger partial charge in [0.05, 0.1) is 5.69 Å². The standard InChI is InChI=1S/C16H15N3S/c1-12-15(13-8-4-2-5-9-13)19(16(18-17)20-12)14-10-6-3-7-11-14/h2-11H,17H2,1H3. The van der Waals surface area contributed by atoms with Crippen LogP contribution in [0.25, 0.3) is 16.9 Å². The summed E-state index contributed by atoms with van der Waals surface area (Å²) < 4.78 is 2.11. The monoisotopic (exact) mass is 281 g/mol. The molecule has 100 valence electrons. The van der Waals surface area contributed by atoms with Crippen LogP contribution in [0, 0.1) is 6.92 Å². The quantitative estimate of drug-likeness (QED) is 0.568. The Morgan fingerprint density at radius 2 is 1.55 bits per heavy atom. The van der Waals surface area contributed by atoms with Crippen LogP contribution in [0.2, 0.25) is 0 Å². The lowest BCUT2D eigenvalue weighted by molar-refractivity contribution is 0.968. The summed E-state index contributed by atoms with van der Waals surface area (Å²) in [6.45, 7) is 2.10. The Hall–Kier alpha value is -2.33. The van der Waals surface area contributed by atoms with Gasteiger partial charge in [0.1, 0.15) is 0 Å².